The predicted molar refractivity (Wildman–Crippen MR) is 78.1 cm³/mol. The largest absolute Gasteiger partial charge is 0.341 e. The van der Waals surface area contributed by atoms with Crippen LogP contribution >= 0.6 is 0 Å². The molecular weight excluding hydrogens is 252 g/mol. The number of dihydropyridines is 1. The Labute approximate surface area is 118 Å². The Hall–Kier alpha value is -1.78. The average molecular weight is 270 g/mol. The molecule has 4 rings (SSSR count). The smallest absolute Gasteiger partial charge is 0.263 e. The molecule has 5 nitrogen and oxygen atoms in total. The highest BCUT2D eigenvalue weighted by Crippen LogP contribution is 2.42. The van der Waals surface area contributed by atoms with Crippen LogP contribution in [-0.2, 0) is 4.79 Å². The third-order valence-corrected chi connectivity index (χ3v) is 4.42. The minimum absolute atomic E-state index is 0.0782. The normalized spacial score (nSPS) is 29.6. The Morgan fingerprint density at radius 2 is 1.90 bits per heavy atom. The molecule has 104 valence electrons. The van der Waals surface area contributed by atoms with Crippen molar-refractivity contribution in [1.29, 1.82) is 0 Å². The number of hydrogen-bond acceptors (Lipinski definition) is 4. The molecule has 0 aromatic rings. The van der Waals surface area contributed by atoms with E-state index in [4.69, 9.17) is 0 Å². The van der Waals surface area contributed by atoms with Crippen molar-refractivity contribution in [1.82, 2.24) is 4.90 Å². The van der Waals surface area contributed by atoms with Gasteiger partial charge >= 0.3 is 0 Å². The lowest BCUT2D eigenvalue weighted by molar-refractivity contribution is -0.119. The second kappa shape index (κ2) is 4.65. The Morgan fingerprint density at radius 3 is 2.65 bits per heavy atom. The van der Waals surface area contributed by atoms with Crippen LogP contribution in [0.5, 0.6) is 0 Å². The number of carbonyl (C=O) groups excluding carboxylic acids is 1. The molecule has 0 aromatic carbocycles. The number of likely N-dealkylation sites (tertiary alicyclic amines) is 1. The first-order chi connectivity index (χ1) is 9.83. The van der Waals surface area contributed by atoms with E-state index in [0.717, 1.165) is 25.9 Å². The summed E-state index contributed by atoms with van der Waals surface area (Å²) in [4.78, 5) is 27.7. The van der Waals surface area contributed by atoms with Crippen LogP contribution in [0.2, 0.25) is 0 Å². The third-order valence-electron chi connectivity index (χ3n) is 4.42. The molecule has 0 N–H and O–H groups in total. The lowest BCUT2D eigenvalue weighted by Crippen LogP contribution is -2.40. The summed E-state index contributed by atoms with van der Waals surface area (Å²) in [5, 5.41) is 0. The predicted octanol–water partition coefficient (Wildman–Crippen LogP) is 1.80. The number of hydrogen-bond donors (Lipinski definition) is 0. The van der Waals surface area contributed by atoms with Gasteiger partial charge in [0.05, 0.1) is 0 Å². The van der Waals surface area contributed by atoms with Gasteiger partial charge in [0.25, 0.3) is 5.91 Å². The van der Waals surface area contributed by atoms with Gasteiger partial charge in [0.1, 0.15) is 11.8 Å². The molecule has 1 amide bonds. The molecule has 1 saturated heterocycles. The highest BCUT2D eigenvalue weighted by molar-refractivity contribution is 6.19. The standard InChI is InChI=1S/C15H18N4O/c20-14-12-11(10-4-5-10)6-7-16-13(12)17-15(18-14)19-8-2-1-3-9-19/h6-7,10,12H,1-5,8-9H2. The number of carbonyl (C=O) groups is 1. The van der Waals surface area contributed by atoms with Crippen LogP contribution in [0, 0.1) is 11.8 Å². The minimum atomic E-state index is -0.305. The fourth-order valence-corrected chi connectivity index (χ4v) is 3.18. The van der Waals surface area contributed by atoms with Crippen molar-refractivity contribution >= 4 is 23.9 Å². The molecule has 3 heterocycles. The number of amidine groups is 1. The van der Waals surface area contributed by atoms with Crippen molar-refractivity contribution in [2.24, 2.45) is 26.8 Å². The maximum atomic E-state index is 12.4. The summed E-state index contributed by atoms with van der Waals surface area (Å²) in [7, 11) is 0. The third kappa shape index (κ3) is 2.01. The van der Waals surface area contributed by atoms with Crippen molar-refractivity contribution in [3.05, 3.63) is 11.6 Å². The Morgan fingerprint density at radius 1 is 1.10 bits per heavy atom. The van der Waals surface area contributed by atoms with Gasteiger partial charge in [0.2, 0.25) is 5.96 Å². The zero-order chi connectivity index (χ0) is 13.5. The summed E-state index contributed by atoms with van der Waals surface area (Å²) in [6, 6.07) is 0. The van der Waals surface area contributed by atoms with Crippen molar-refractivity contribution < 1.29 is 4.79 Å². The van der Waals surface area contributed by atoms with Gasteiger partial charge in [-0.25, -0.2) is 4.99 Å². The maximum absolute atomic E-state index is 12.4. The van der Waals surface area contributed by atoms with E-state index in [0.29, 0.717) is 17.7 Å². The summed E-state index contributed by atoms with van der Waals surface area (Å²) >= 11 is 0. The molecule has 0 bridgehead atoms. The number of rotatable bonds is 1. The number of amides is 1. The topological polar surface area (TPSA) is 57.4 Å². The van der Waals surface area contributed by atoms with Crippen LogP contribution in [-0.4, -0.2) is 41.9 Å². The first-order valence-corrected chi connectivity index (χ1v) is 7.53. The second-order valence-electron chi connectivity index (χ2n) is 5.92. The van der Waals surface area contributed by atoms with Crippen molar-refractivity contribution in [2.45, 2.75) is 32.1 Å². The zero-order valence-corrected chi connectivity index (χ0v) is 11.5. The number of fused-ring (bicyclic) bond motifs is 1. The highest BCUT2D eigenvalue weighted by Gasteiger charge is 2.40. The molecule has 0 radical (unpaired) electrons. The van der Waals surface area contributed by atoms with Gasteiger partial charge in [-0.1, -0.05) is 0 Å². The first kappa shape index (κ1) is 12.0. The molecule has 20 heavy (non-hydrogen) atoms. The van der Waals surface area contributed by atoms with E-state index in [2.05, 4.69) is 19.9 Å². The summed E-state index contributed by atoms with van der Waals surface area (Å²) in [6.45, 7) is 1.89. The Balaban J connectivity index is 1.63. The second-order valence-corrected chi connectivity index (χ2v) is 5.92. The molecule has 0 spiro atoms. The average Bonchev–Trinajstić information content (AvgIpc) is 3.32. The van der Waals surface area contributed by atoms with Gasteiger partial charge in [-0.2, -0.15) is 9.98 Å². The van der Waals surface area contributed by atoms with E-state index >= 15 is 0 Å². The zero-order valence-electron chi connectivity index (χ0n) is 11.5. The maximum Gasteiger partial charge on any atom is 0.263 e. The van der Waals surface area contributed by atoms with Gasteiger partial charge in [-0.15, -0.1) is 0 Å². The number of aliphatic imine (C=N–C) groups is 3. The molecule has 2 fully saturated rings. The van der Waals surface area contributed by atoms with E-state index in [1.165, 1.54) is 24.8 Å². The van der Waals surface area contributed by atoms with Gasteiger partial charge in [-0.05, 0) is 49.7 Å². The Bertz CT molecular complexity index is 562. The molecule has 1 unspecified atom stereocenters. The lowest BCUT2D eigenvalue weighted by Gasteiger charge is -2.30. The molecule has 1 atom stereocenters. The van der Waals surface area contributed by atoms with Crippen LogP contribution in [0.4, 0.5) is 0 Å². The molecule has 3 aliphatic heterocycles. The van der Waals surface area contributed by atoms with E-state index in [9.17, 15) is 4.79 Å². The monoisotopic (exact) mass is 270 g/mol. The molecule has 5 heteroatoms. The highest BCUT2D eigenvalue weighted by atomic mass is 16.1. The Kier molecular flexibility index (Phi) is 2.79. The van der Waals surface area contributed by atoms with Crippen LogP contribution in [0.1, 0.15) is 32.1 Å². The van der Waals surface area contributed by atoms with Crippen molar-refractivity contribution in [3.8, 4) is 0 Å². The number of allylic oxidation sites excluding steroid dienone is 1. The quantitative estimate of drug-likeness (QED) is 0.729. The molecule has 4 aliphatic rings. The first-order valence-electron chi connectivity index (χ1n) is 7.53. The van der Waals surface area contributed by atoms with E-state index < -0.39 is 0 Å². The van der Waals surface area contributed by atoms with Gasteiger partial charge < -0.3 is 4.90 Å². The van der Waals surface area contributed by atoms with Gasteiger partial charge in [-0.3, -0.25) is 4.79 Å². The fraction of sp³-hybridized carbons (Fsp3) is 0.600. The number of guanidine groups is 1. The summed E-state index contributed by atoms with van der Waals surface area (Å²) < 4.78 is 0. The van der Waals surface area contributed by atoms with Crippen molar-refractivity contribution in [2.75, 3.05) is 13.1 Å². The molecule has 1 aliphatic carbocycles. The van der Waals surface area contributed by atoms with Crippen LogP contribution < -0.4 is 0 Å². The number of nitrogens with zero attached hydrogens (tertiary/aromatic N) is 4. The molecular formula is C15H18N4O. The summed E-state index contributed by atoms with van der Waals surface area (Å²) in [5.74, 6) is 1.39. The SMILES string of the molecule is O=C1N=C(N2CCCCC2)N=C2N=CC=C(C3CC3)C12. The van der Waals surface area contributed by atoms with E-state index in [1.54, 1.807) is 6.21 Å². The lowest BCUT2D eigenvalue weighted by atomic mass is 9.90. The molecule has 1 saturated carbocycles. The van der Waals surface area contributed by atoms with E-state index in [-0.39, 0.29) is 11.8 Å². The summed E-state index contributed by atoms with van der Waals surface area (Å²) in [6.07, 6.45) is 9.69. The van der Waals surface area contributed by atoms with Gasteiger partial charge in [0, 0.05) is 19.3 Å². The van der Waals surface area contributed by atoms with Gasteiger partial charge in [0.15, 0.2) is 0 Å². The number of piperidine rings is 1. The molecule has 0 aromatic heterocycles. The van der Waals surface area contributed by atoms with Crippen molar-refractivity contribution in [3.63, 3.8) is 0 Å². The van der Waals surface area contributed by atoms with E-state index in [1.807, 2.05) is 6.08 Å². The van der Waals surface area contributed by atoms with Crippen LogP contribution in [0.3, 0.4) is 0 Å². The van der Waals surface area contributed by atoms with Crippen LogP contribution in [0.25, 0.3) is 0 Å². The minimum Gasteiger partial charge on any atom is -0.341 e. The summed E-state index contributed by atoms with van der Waals surface area (Å²) in [5.41, 5.74) is 1.17. The van der Waals surface area contributed by atoms with Crippen LogP contribution in [0.15, 0.2) is 26.6 Å². The fourth-order valence-electron chi connectivity index (χ4n) is 3.18.